The SMILES string of the molecule is COc1cc([C@H]2C3=CC[C@@H]4C(=O)N(c5cccc(C(=O)O)c5)C(=O)[C@@H]4[C@@H]3CC3=C2C(=O)C=C(C)C3=O)cc(Cl)c1O. The van der Waals surface area contributed by atoms with Crippen molar-refractivity contribution in [3.8, 4) is 11.5 Å². The second-order valence-corrected chi connectivity index (χ2v) is 11.1. The number of halogens is 1. The maximum Gasteiger partial charge on any atom is 0.335 e. The van der Waals surface area contributed by atoms with Crippen LogP contribution >= 0.6 is 11.6 Å². The Balaban J connectivity index is 1.49. The molecule has 0 unspecified atom stereocenters. The van der Waals surface area contributed by atoms with E-state index in [0.717, 1.165) is 4.90 Å². The standard InChI is InChI=1S/C31H24ClNO8/c1-13-8-22(34)26-20(27(13)35)12-19-17(24(26)15-10-21(32)28(36)23(11-15)41-2)6-7-18-25(19)30(38)33(29(18)37)16-5-3-4-14(9-16)31(39)40/h3-6,8-11,18-19,24-25,36H,7,12H2,1-2H3,(H,39,40)/t18-,19+,24-,25-/m0/s1. The first-order valence-electron chi connectivity index (χ1n) is 13.0. The minimum Gasteiger partial charge on any atom is -0.503 e. The lowest BCUT2D eigenvalue weighted by atomic mass is 9.59. The zero-order valence-electron chi connectivity index (χ0n) is 22.0. The fourth-order valence-electron chi connectivity index (χ4n) is 6.71. The Morgan fingerprint density at radius 2 is 1.83 bits per heavy atom. The molecule has 4 aliphatic rings. The molecular formula is C31H24ClNO8. The molecule has 1 heterocycles. The molecule has 10 heteroatoms. The number of hydrogen-bond donors (Lipinski definition) is 2. The predicted molar refractivity (Wildman–Crippen MR) is 147 cm³/mol. The van der Waals surface area contributed by atoms with E-state index in [-0.39, 0.29) is 68.9 Å². The molecular weight excluding hydrogens is 550 g/mol. The Kier molecular flexibility index (Phi) is 6.22. The van der Waals surface area contributed by atoms with Gasteiger partial charge in [0.2, 0.25) is 11.8 Å². The molecule has 2 amide bonds. The normalized spacial score (nSPS) is 25.4. The molecule has 4 atom stereocenters. The Labute approximate surface area is 239 Å². The number of aromatic carboxylic acids is 1. The van der Waals surface area contributed by atoms with Crippen LogP contribution in [-0.2, 0) is 19.2 Å². The summed E-state index contributed by atoms with van der Waals surface area (Å²) in [6.07, 6.45) is 3.48. The number of Topliss-reactive ketones (excluding diaryl/α,β-unsaturated/α-hetero) is 1. The number of ether oxygens (including phenoxy) is 1. The fourth-order valence-corrected chi connectivity index (χ4v) is 6.93. The highest BCUT2D eigenvalue weighted by Gasteiger charge is 2.56. The van der Waals surface area contributed by atoms with Gasteiger partial charge in [-0.3, -0.25) is 24.1 Å². The van der Waals surface area contributed by atoms with Crippen molar-refractivity contribution in [3.05, 3.63) is 87.0 Å². The second kappa shape index (κ2) is 9.55. The van der Waals surface area contributed by atoms with Gasteiger partial charge in [-0.1, -0.05) is 29.3 Å². The van der Waals surface area contributed by atoms with E-state index >= 15 is 0 Å². The van der Waals surface area contributed by atoms with Crippen LogP contribution in [0.4, 0.5) is 5.69 Å². The maximum atomic E-state index is 14.0. The highest BCUT2D eigenvalue weighted by atomic mass is 35.5. The van der Waals surface area contributed by atoms with Crippen LogP contribution in [0.5, 0.6) is 11.5 Å². The van der Waals surface area contributed by atoms with Gasteiger partial charge in [0, 0.05) is 22.6 Å². The van der Waals surface area contributed by atoms with Gasteiger partial charge >= 0.3 is 5.97 Å². The number of carboxylic acids is 1. The highest BCUT2D eigenvalue weighted by Crippen LogP contribution is 2.56. The zero-order valence-corrected chi connectivity index (χ0v) is 22.8. The number of carboxylic acid groups (broad SMARTS) is 1. The van der Waals surface area contributed by atoms with Gasteiger partial charge in [0.05, 0.1) is 35.2 Å². The Morgan fingerprint density at radius 1 is 1.07 bits per heavy atom. The lowest BCUT2D eigenvalue weighted by molar-refractivity contribution is -0.123. The minimum atomic E-state index is -1.19. The van der Waals surface area contributed by atoms with E-state index in [1.165, 1.54) is 43.5 Å². The number of carbonyl (C=O) groups is 5. The summed E-state index contributed by atoms with van der Waals surface area (Å²) in [5, 5.41) is 19.8. The van der Waals surface area contributed by atoms with Crippen molar-refractivity contribution < 1.29 is 38.9 Å². The third kappa shape index (κ3) is 3.94. The zero-order chi connectivity index (χ0) is 29.3. The molecule has 0 spiro atoms. The number of imide groups is 1. The number of carbonyl (C=O) groups excluding carboxylic acids is 4. The van der Waals surface area contributed by atoms with Gasteiger partial charge in [0.15, 0.2) is 23.1 Å². The third-order valence-electron chi connectivity index (χ3n) is 8.52. The van der Waals surface area contributed by atoms with E-state index < -0.39 is 41.5 Å². The molecule has 3 aliphatic carbocycles. The van der Waals surface area contributed by atoms with Crippen LogP contribution in [0.1, 0.15) is 41.6 Å². The molecule has 2 aromatic carbocycles. The van der Waals surface area contributed by atoms with Gasteiger partial charge in [-0.2, -0.15) is 0 Å². The molecule has 2 N–H and O–H groups in total. The van der Waals surface area contributed by atoms with Gasteiger partial charge in [-0.25, -0.2) is 4.79 Å². The van der Waals surface area contributed by atoms with Crippen LogP contribution in [0.15, 0.2) is 70.8 Å². The molecule has 0 saturated carbocycles. The molecule has 9 nitrogen and oxygen atoms in total. The van der Waals surface area contributed by atoms with Gasteiger partial charge in [-0.15, -0.1) is 0 Å². The Bertz CT molecular complexity index is 1700. The molecule has 6 rings (SSSR count). The number of allylic oxidation sites excluding steroid dienone is 6. The number of fused-ring (bicyclic) bond motifs is 3. The van der Waals surface area contributed by atoms with Crippen molar-refractivity contribution in [1.29, 1.82) is 0 Å². The molecule has 0 aromatic heterocycles. The lowest BCUT2D eigenvalue weighted by Gasteiger charge is -2.42. The van der Waals surface area contributed by atoms with Gasteiger partial charge in [0.1, 0.15) is 0 Å². The van der Waals surface area contributed by atoms with Crippen molar-refractivity contribution in [2.45, 2.75) is 25.7 Å². The average Bonchev–Trinajstić information content (AvgIpc) is 3.21. The molecule has 208 valence electrons. The number of aromatic hydroxyl groups is 1. The number of phenols is 1. The number of methoxy groups -OCH3 is 1. The summed E-state index contributed by atoms with van der Waals surface area (Å²) in [6, 6.07) is 8.72. The third-order valence-corrected chi connectivity index (χ3v) is 8.81. The molecule has 1 saturated heterocycles. The van der Waals surface area contributed by atoms with Crippen molar-refractivity contribution in [3.63, 3.8) is 0 Å². The van der Waals surface area contributed by atoms with Crippen LogP contribution in [0, 0.1) is 17.8 Å². The van der Waals surface area contributed by atoms with Crippen molar-refractivity contribution in [2.24, 2.45) is 17.8 Å². The summed E-state index contributed by atoms with van der Waals surface area (Å²) >= 11 is 6.33. The van der Waals surface area contributed by atoms with Crippen molar-refractivity contribution in [2.75, 3.05) is 12.0 Å². The van der Waals surface area contributed by atoms with Gasteiger partial charge in [-0.05, 0) is 67.7 Å². The quantitative estimate of drug-likeness (QED) is 0.312. The Hall–Kier alpha value is -4.50. The number of nitrogens with zero attached hydrogens (tertiary/aromatic N) is 1. The van der Waals surface area contributed by atoms with E-state index in [1.807, 2.05) is 6.08 Å². The van der Waals surface area contributed by atoms with Crippen LogP contribution in [0.25, 0.3) is 0 Å². The van der Waals surface area contributed by atoms with Crippen molar-refractivity contribution in [1.82, 2.24) is 0 Å². The van der Waals surface area contributed by atoms with Gasteiger partial charge < -0.3 is 14.9 Å². The second-order valence-electron chi connectivity index (χ2n) is 10.6. The van der Waals surface area contributed by atoms with E-state index in [1.54, 1.807) is 13.0 Å². The average molecular weight is 574 g/mol. The topological polar surface area (TPSA) is 138 Å². The molecule has 1 fully saturated rings. The summed E-state index contributed by atoms with van der Waals surface area (Å²) in [5.74, 6) is -5.79. The molecule has 1 aliphatic heterocycles. The number of phenolic OH excluding ortho intramolecular Hbond substituents is 1. The van der Waals surface area contributed by atoms with Crippen LogP contribution in [0.2, 0.25) is 5.02 Å². The number of ketones is 2. The number of rotatable bonds is 4. The maximum absolute atomic E-state index is 14.0. The number of anilines is 1. The lowest BCUT2D eigenvalue weighted by Crippen LogP contribution is -2.39. The molecule has 2 aromatic rings. The van der Waals surface area contributed by atoms with E-state index in [9.17, 15) is 34.2 Å². The summed E-state index contributed by atoms with van der Waals surface area (Å²) in [5.41, 5.74) is 2.19. The molecule has 0 radical (unpaired) electrons. The Morgan fingerprint density at radius 3 is 2.54 bits per heavy atom. The van der Waals surface area contributed by atoms with E-state index in [2.05, 4.69) is 0 Å². The summed E-state index contributed by atoms with van der Waals surface area (Å²) < 4.78 is 5.30. The number of amides is 2. The monoisotopic (exact) mass is 573 g/mol. The van der Waals surface area contributed by atoms with E-state index in [4.69, 9.17) is 16.3 Å². The minimum absolute atomic E-state index is 0.00387. The predicted octanol–water partition coefficient (Wildman–Crippen LogP) is 4.39. The molecule has 41 heavy (non-hydrogen) atoms. The first-order valence-corrected chi connectivity index (χ1v) is 13.4. The van der Waals surface area contributed by atoms with E-state index in [0.29, 0.717) is 11.1 Å². The van der Waals surface area contributed by atoms with Crippen LogP contribution in [-0.4, -0.2) is 46.7 Å². The smallest absolute Gasteiger partial charge is 0.335 e. The summed E-state index contributed by atoms with van der Waals surface area (Å²) in [7, 11) is 1.37. The first-order chi connectivity index (χ1) is 19.5. The fraction of sp³-hybridized carbons (Fsp3) is 0.258. The first kappa shape index (κ1) is 26.7. The summed E-state index contributed by atoms with van der Waals surface area (Å²) in [4.78, 5) is 67.0. The van der Waals surface area contributed by atoms with Gasteiger partial charge in [0.25, 0.3) is 0 Å². The largest absolute Gasteiger partial charge is 0.503 e. The number of hydrogen-bond acceptors (Lipinski definition) is 7. The summed E-state index contributed by atoms with van der Waals surface area (Å²) in [6.45, 7) is 1.57. The number of benzene rings is 2. The van der Waals surface area contributed by atoms with Crippen LogP contribution in [0.3, 0.4) is 0 Å². The molecule has 0 bridgehead atoms. The highest BCUT2D eigenvalue weighted by molar-refractivity contribution is 6.32. The van der Waals surface area contributed by atoms with Crippen LogP contribution < -0.4 is 9.64 Å². The van der Waals surface area contributed by atoms with Crippen molar-refractivity contribution >= 4 is 46.6 Å².